The summed E-state index contributed by atoms with van der Waals surface area (Å²) in [5.74, 6) is 2.05. The first-order chi connectivity index (χ1) is 32.3. The van der Waals surface area contributed by atoms with Crippen LogP contribution in [-0.2, 0) is 0 Å². The first-order valence-corrected chi connectivity index (χ1v) is 21.9. The van der Waals surface area contributed by atoms with Gasteiger partial charge in [0.05, 0.1) is 11.4 Å². The monoisotopic (exact) mass is 850 g/mol. The number of aromatic nitrogens is 8. The highest BCUT2D eigenvalue weighted by atomic mass is 15.0. The molecule has 11 aromatic rings. The normalized spacial score (nSPS) is 11.3. The molecule has 0 aliphatic heterocycles. The Kier molecular flexibility index (Phi) is 10.2. The molecule has 0 atom stereocenters. The molecule has 11 rings (SSSR count). The van der Waals surface area contributed by atoms with Gasteiger partial charge < -0.3 is 0 Å². The van der Waals surface area contributed by atoms with E-state index in [2.05, 4.69) is 153 Å². The molecule has 0 radical (unpaired) electrons. The predicted octanol–water partition coefficient (Wildman–Crippen LogP) is 13.7. The predicted molar refractivity (Wildman–Crippen MR) is 266 cm³/mol. The van der Waals surface area contributed by atoms with Crippen molar-refractivity contribution >= 4 is 21.5 Å². The van der Waals surface area contributed by atoms with Crippen molar-refractivity contribution < 1.29 is 0 Å². The van der Waals surface area contributed by atoms with Crippen LogP contribution in [0.4, 0.5) is 0 Å². The van der Waals surface area contributed by atoms with Crippen LogP contribution in [0.15, 0.2) is 183 Å². The van der Waals surface area contributed by atoms with E-state index in [1.807, 2.05) is 55.0 Å². The number of aryl methyl sites for hydroxylation is 4. The summed E-state index contributed by atoms with van der Waals surface area (Å²) in [5.41, 5.74) is 15.6. The Bertz CT molecular complexity index is 3580. The van der Waals surface area contributed by atoms with Gasteiger partial charge in [0.2, 0.25) is 0 Å². The van der Waals surface area contributed by atoms with Crippen molar-refractivity contribution in [2.75, 3.05) is 0 Å². The first kappa shape index (κ1) is 40.2. The third-order valence-corrected chi connectivity index (χ3v) is 11.9. The molecule has 0 saturated heterocycles. The number of pyridine rings is 3. The quantitative estimate of drug-likeness (QED) is 0.139. The van der Waals surface area contributed by atoms with E-state index in [1.54, 1.807) is 12.4 Å². The van der Waals surface area contributed by atoms with Crippen LogP contribution in [0.25, 0.3) is 112 Å². The average Bonchev–Trinajstić information content (AvgIpc) is 3.35. The fraction of sp³-hybridized carbons (Fsp3) is 0.0690. The molecule has 0 spiro atoms. The van der Waals surface area contributed by atoms with Gasteiger partial charge in [0.1, 0.15) is 5.69 Å². The van der Waals surface area contributed by atoms with Crippen LogP contribution < -0.4 is 0 Å². The second-order valence-corrected chi connectivity index (χ2v) is 16.9. The van der Waals surface area contributed by atoms with Crippen LogP contribution in [0.5, 0.6) is 0 Å². The Hall–Kier alpha value is -8.62. The fourth-order valence-electron chi connectivity index (χ4n) is 8.94. The van der Waals surface area contributed by atoms with Crippen molar-refractivity contribution in [2.24, 2.45) is 0 Å². The zero-order valence-corrected chi connectivity index (χ0v) is 36.9. The molecule has 6 aromatic carbocycles. The van der Waals surface area contributed by atoms with Crippen molar-refractivity contribution in [2.45, 2.75) is 27.7 Å². The lowest BCUT2D eigenvalue weighted by Crippen LogP contribution is -2.02. The van der Waals surface area contributed by atoms with Crippen LogP contribution in [0.2, 0.25) is 0 Å². The summed E-state index contributed by atoms with van der Waals surface area (Å²) in [4.78, 5) is 39.3. The van der Waals surface area contributed by atoms with Gasteiger partial charge in [-0.3, -0.25) is 15.0 Å². The Morgan fingerprint density at radius 3 is 1.50 bits per heavy atom. The van der Waals surface area contributed by atoms with Gasteiger partial charge in [-0.25, -0.2) is 24.9 Å². The Morgan fingerprint density at radius 2 is 0.833 bits per heavy atom. The molecular weight excluding hydrogens is 809 g/mol. The second-order valence-electron chi connectivity index (χ2n) is 16.9. The zero-order chi connectivity index (χ0) is 44.7. The number of rotatable bonds is 8. The molecule has 0 fully saturated rings. The molecule has 0 bridgehead atoms. The summed E-state index contributed by atoms with van der Waals surface area (Å²) in [7, 11) is 0. The molecule has 0 amide bonds. The molecule has 5 aromatic heterocycles. The fourth-order valence-corrected chi connectivity index (χ4v) is 8.94. The van der Waals surface area contributed by atoms with Crippen LogP contribution in [0.1, 0.15) is 22.3 Å². The van der Waals surface area contributed by atoms with Gasteiger partial charge in [-0.2, -0.15) is 0 Å². The standard InChI is InChI=1S/C58H42N8/c1-35-22-36(2)25-43(24-35)39-18-21-59-54(32-39)58-65-56(42-15-17-52(63-34-42)45-26-37(3)23-38(4)27-45)64-57(66-58)47-29-44(51-31-40-10-5-6-11-48(40)49-12-7-8-13-50(49)51)28-46(30-47)53-16-14-41(33-62-53)55-60-19-9-20-61-55/h5-34H,1-4H3. The van der Waals surface area contributed by atoms with Crippen molar-refractivity contribution in [3.63, 3.8) is 0 Å². The molecule has 314 valence electrons. The summed E-state index contributed by atoms with van der Waals surface area (Å²) in [6, 6.07) is 52.9. The lowest BCUT2D eigenvalue weighted by atomic mass is 9.91. The SMILES string of the molecule is Cc1cc(C)cc(-c2ccnc(-c3nc(-c4ccc(-c5cc(C)cc(C)c5)nc4)nc(-c4cc(-c5ccc(-c6ncccn6)cn5)cc(-c5cc6ccccc6c6ccccc56)c4)n3)c2)c1. The number of hydrogen-bond acceptors (Lipinski definition) is 8. The molecule has 0 N–H and O–H groups in total. The van der Waals surface area contributed by atoms with Gasteiger partial charge in [0, 0.05) is 58.8 Å². The number of benzene rings is 6. The van der Waals surface area contributed by atoms with Crippen LogP contribution in [0, 0.1) is 27.7 Å². The maximum Gasteiger partial charge on any atom is 0.182 e. The number of hydrogen-bond donors (Lipinski definition) is 0. The largest absolute Gasteiger partial charge is 0.255 e. The van der Waals surface area contributed by atoms with E-state index in [0.717, 1.165) is 72.2 Å². The molecule has 0 saturated carbocycles. The number of nitrogens with zero attached hydrogens (tertiary/aromatic N) is 8. The first-order valence-electron chi connectivity index (χ1n) is 21.9. The molecule has 66 heavy (non-hydrogen) atoms. The van der Waals surface area contributed by atoms with Crippen LogP contribution in [-0.4, -0.2) is 39.9 Å². The molecule has 5 heterocycles. The molecule has 0 aliphatic rings. The third kappa shape index (κ3) is 7.97. The summed E-state index contributed by atoms with van der Waals surface area (Å²) in [5, 5.41) is 4.68. The van der Waals surface area contributed by atoms with E-state index < -0.39 is 0 Å². The van der Waals surface area contributed by atoms with Crippen LogP contribution >= 0.6 is 0 Å². The summed E-state index contributed by atoms with van der Waals surface area (Å²) < 4.78 is 0. The highest BCUT2D eigenvalue weighted by molar-refractivity contribution is 6.14. The minimum absolute atomic E-state index is 0.452. The molecule has 8 nitrogen and oxygen atoms in total. The van der Waals surface area contributed by atoms with Crippen molar-refractivity contribution in [3.8, 4) is 90.5 Å². The summed E-state index contributed by atoms with van der Waals surface area (Å²) >= 11 is 0. The minimum Gasteiger partial charge on any atom is -0.255 e. The average molecular weight is 851 g/mol. The lowest BCUT2D eigenvalue weighted by molar-refractivity contribution is 1.06. The van der Waals surface area contributed by atoms with Crippen molar-refractivity contribution in [1.29, 1.82) is 0 Å². The van der Waals surface area contributed by atoms with Gasteiger partial charge >= 0.3 is 0 Å². The van der Waals surface area contributed by atoms with Gasteiger partial charge in [-0.05, 0) is 150 Å². The Morgan fingerprint density at radius 1 is 0.288 bits per heavy atom. The smallest absolute Gasteiger partial charge is 0.182 e. The van der Waals surface area contributed by atoms with Gasteiger partial charge in [-0.1, -0.05) is 95.1 Å². The van der Waals surface area contributed by atoms with Crippen molar-refractivity contribution in [3.05, 3.63) is 205 Å². The van der Waals surface area contributed by atoms with E-state index in [4.69, 9.17) is 29.9 Å². The van der Waals surface area contributed by atoms with Gasteiger partial charge in [0.15, 0.2) is 23.3 Å². The Balaban J connectivity index is 1.12. The molecular formula is C58H42N8. The topological polar surface area (TPSA) is 103 Å². The van der Waals surface area contributed by atoms with Crippen molar-refractivity contribution in [1.82, 2.24) is 39.9 Å². The van der Waals surface area contributed by atoms with E-state index in [9.17, 15) is 0 Å². The van der Waals surface area contributed by atoms with E-state index in [0.29, 0.717) is 29.0 Å². The lowest BCUT2D eigenvalue weighted by Gasteiger charge is -2.15. The maximum atomic E-state index is 5.25. The van der Waals surface area contributed by atoms with E-state index in [-0.39, 0.29) is 0 Å². The van der Waals surface area contributed by atoms with E-state index >= 15 is 0 Å². The summed E-state index contributed by atoms with van der Waals surface area (Å²) in [6.45, 7) is 8.45. The van der Waals surface area contributed by atoms with Gasteiger partial charge in [-0.15, -0.1) is 0 Å². The van der Waals surface area contributed by atoms with E-state index in [1.165, 1.54) is 33.0 Å². The maximum absolute atomic E-state index is 5.25. The molecule has 8 heteroatoms. The van der Waals surface area contributed by atoms with Gasteiger partial charge in [0.25, 0.3) is 0 Å². The van der Waals surface area contributed by atoms with Crippen LogP contribution in [0.3, 0.4) is 0 Å². The molecule has 0 unspecified atom stereocenters. The second kappa shape index (κ2) is 16.8. The summed E-state index contributed by atoms with van der Waals surface area (Å²) in [6.07, 6.45) is 8.97. The highest BCUT2D eigenvalue weighted by Crippen LogP contribution is 2.39. The number of fused-ring (bicyclic) bond motifs is 3. The third-order valence-electron chi connectivity index (χ3n) is 11.9. The molecule has 0 aliphatic carbocycles. The Labute approximate surface area is 382 Å². The minimum atomic E-state index is 0.452. The zero-order valence-electron chi connectivity index (χ0n) is 36.9. The highest BCUT2D eigenvalue weighted by Gasteiger charge is 2.19.